The van der Waals surface area contributed by atoms with Crippen molar-refractivity contribution >= 4 is 27.6 Å². The van der Waals surface area contributed by atoms with Crippen molar-refractivity contribution in [1.82, 2.24) is 4.31 Å². The maximum Gasteiger partial charge on any atom is 0.309 e. The number of sulfonamides is 1. The number of benzene rings is 2. The minimum atomic E-state index is -3.68. The van der Waals surface area contributed by atoms with Gasteiger partial charge in [0.1, 0.15) is 5.82 Å². The molecule has 0 spiro atoms. The summed E-state index contributed by atoms with van der Waals surface area (Å²) in [4.78, 5) is 25.1. The topological polar surface area (TPSA) is 92.8 Å². The van der Waals surface area contributed by atoms with E-state index < -0.39 is 39.7 Å². The maximum atomic E-state index is 13.3. The number of nitrogens with one attached hydrogen (secondary N) is 1. The number of carbonyl (C=O) groups is 2. The first-order valence-electron chi connectivity index (χ1n) is 10.8. The van der Waals surface area contributed by atoms with Gasteiger partial charge in [-0.1, -0.05) is 23.8 Å². The number of ether oxygens (including phenoxy) is 1. The summed E-state index contributed by atoms with van der Waals surface area (Å²) in [6.45, 7) is 7.32. The zero-order valence-corrected chi connectivity index (χ0v) is 20.0. The molecule has 3 rings (SSSR count). The molecule has 1 unspecified atom stereocenters. The van der Waals surface area contributed by atoms with Crippen LogP contribution >= 0.6 is 0 Å². The molecule has 0 aromatic heterocycles. The first kappa shape index (κ1) is 24.9. The van der Waals surface area contributed by atoms with Crippen molar-refractivity contribution in [3.8, 4) is 0 Å². The highest BCUT2D eigenvalue weighted by molar-refractivity contribution is 7.89. The van der Waals surface area contributed by atoms with E-state index in [4.69, 9.17) is 4.74 Å². The second-order valence-corrected chi connectivity index (χ2v) is 10.4. The molecular formula is C24H29FN2O5S. The van der Waals surface area contributed by atoms with Crippen molar-refractivity contribution in [2.75, 3.05) is 18.4 Å². The van der Waals surface area contributed by atoms with Crippen LogP contribution in [-0.4, -0.2) is 43.8 Å². The van der Waals surface area contributed by atoms with Gasteiger partial charge in [0, 0.05) is 18.8 Å². The van der Waals surface area contributed by atoms with Crippen LogP contribution in [-0.2, 0) is 24.3 Å². The van der Waals surface area contributed by atoms with Gasteiger partial charge in [-0.3, -0.25) is 9.59 Å². The highest BCUT2D eigenvalue weighted by atomic mass is 32.2. The standard InChI is InChI=1S/C24H29FN2O5S/c1-15-12-16(2)22(17(3)13-15)33(30,31)27-10-8-19(9-11-27)24(29)32-18(4)23(28)26-21-7-5-6-20(25)14-21/h5-7,12-14,18-19H,8-11H2,1-4H3,(H,26,28). The fourth-order valence-corrected chi connectivity index (χ4v) is 6.05. The first-order valence-corrected chi connectivity index (χ1v) is 12.3. The third-order valence-electron chi connectivity index (χ3n) is 5.74. The van der Waals surface area contributed by atoms with Crippen molar-refractivity contribution in [2.24, 2.45) is 5.92 Å². The first-order chi connectivity index (χ1) is 15.5. The minimum absolute atomic E-state index is 0.193. The predicted molar refractivity (Wildman–Crippen MR) is 123 cm³/mol. The lowest BCUT2D eigenvalue weighted by atomic mass is 9.98. The van der Waals surface area contributed by atoms with Crippen LogP contribution in [0.3, 0.4) is 0 Å². The molecule has 1 saturated heterocycles. The molecule has 0 saturated carbocycles. The number of esters is 1. The molecule has 1 aliphatic heterocycles. The monoisotopic (exact) mass is 476 g/mol. The van der Waals surface area contributed by atoms with E-state index in [9.17, 15) is 22.4 Å². The van der Waals surface area contributed by atoms with Crippen LogP contribution < -0.4 is 5.32 Å². The van der Waals surface area contributed by atoms with Gasteiger partial charge in [0.25, 0.3) is 5.91 Å². The molecule has 1 heterocycles. The van der Waals surface area contributed by atoms with Crippen molar-refractivity contribution < 1.29 is 27.1 Å². The number of aryl methyl sites for hydroxylation is 3. The van der Waals surface area contributed by atoms with Crippen LogP contribution in [0.15, 0.2) is 41.3 Å². The normalized spacial score (nSPS) is 16.3. The van der Waals surface area contributed by atoms with Crippen LogP contribution in [0.2, 0.25) is 0 Å². The highest BCUT2D eigenvalue weighted by Crippen LogP contribution is 2.29. The molecule has 1 N–H and O–H groups in total. The number of halogens is 1. The number of anilines is 1. The number of hydrogen-bond acceptors (Lipinski definition) is 5. The van der Waals surface area contributed by atoms with Gasteiger partial charge in [0.05, 0.1) is 10.8 Å². The lowest BCUT2D eigenvalue weighted by molar-refractivity contribution is -0.158. The van der Waals surface area contributed by atoms with Gasteiger partial charge < -0.3 is 10.1 Å². The van der Waals surface area contributed by atoms with Crippen LogP contribution in [0.25, 0.3) is 0 Å². The van der Waals surface area contributed by atoms with Crippen molar-refractivity contribution in [1.29, 1.82) is 0 Å². The molecule has 0 bridgehead atoms. The fraction of sp³-hybridized carbons (Fsp3) is 0.417. The average molecular weight is 477 g/mol. The summed E-state index contributed by atoms with van der Waals surface area (Å²) < 4.78 is 46.4. The molecular weight excluding hydrogens is 447 g/mol. The van der Waals surface area contributed by atoms with E-state index in [1.165, 1.54) is 35.5 Å². The summed E-state index contributed by atoms with van der Waals surface area (Å²) in [7, 11) is -3.68. The highest BCUT2D eigenvalue weighted by Gasteiger charge is 2.35. The summed E-state index contributed by atoms with van der Waals surface area (Å²) in [5.41, 5.74) is 2.67. The second-order valence-electron chi connectivity index (χ2n) is 8.48. The zero-order valence-electron chi connectivity index (χ0n) is 19.2. The third-order valence-corrected chi connectivity index (χ3v) is 7.95. The van der Waals surface area contributed by atoms with Gasteiger partial charge in [-0.25, -0.2) is 12.8 Å². The van der Waals surface area contributed by atoms with Crippen LogP contribution in [0.5, 0.6) is 0 Å². The van der Waals surface area contributed by atoms with Gasteiger partial charge in [-0.15, -0.1) is 0 Å². The Hall–Kier alpha value is -2.78. The largest absolute Gasteiger partial charge is 0.452 e. The number of rotatable bonds is 6. The van der Waals surface area contributed by atoms with Gasteiger partial charge in [-0.05, 0) is 69.9 Å². The van der Waals surface area contributed by atoms with E-state index in [0.717, 1.165) is 5.56 Å². The Morgan fingerprint density at radius 2 is 1.70 bits per heavy atom. The number of amides is 1. The van der Waals surface area contributed by atoms with Crippen LogP contribution in [0.4, 0.5) is 10.1 Å². The molecule has 178 valence electrons. The number of hydrogen-bond donors (Lipinski definition) is 1. The number of carbonyl (C=O) groups excluding carboxylic acids is 2. The molecule has 9 heteroatoms. The summed E-state index contributed by atoms with van der Waals surface area (Å²) in [6.07, 6.45) is -0.457. The summed E-state index contributed by atoms with van der Waals surface area (Å²) in [5, 5.41) is 2.51. The van der Waals surface area contributed by atoms with E-state index in [-0.39, 0.29) is 18.8 Å². The van der Waals surface area contributed by atoms with Gasteiger partial charge >= 0.3 is 5.97 Å². The predicted octanol–water partition coefficient (Wildman–Crippen LogP) is 3.72. The van der Waals surface area contributed by atoms with Crippen molar-refractivity contribution in [2.45, 2.75) is 51.5 Å². The summed E-state index contributed by atoms with van der Waals surface area (Å²) in [6, 6.07) is 9.11. The minimum Gasteiger partial charge on any atom is -0.452 e. The SMILES string of the molecule is Cc1cc(C)c(S(=O)(=O)N2CCC(C(=O)OC(C)C(=O)Nc3cccc(F)c3)CC2)c(C)c1. The van der Waals surface area contributed by atoms with Crippen molar-refractivity contribution in [3.05, 3.63) is 58.9 Å². The third kappa shape index (κ3) is 5.78. The molecule has 33 heavy (non-hydrogen) atoms. The Kier molecular flexibility index (Phi) is 7.54. The lowest BCUT2D eigenvalue weighted by Crippen LogP contribution is -2.42. The lowest BCUT2D eigenvalue weighted by Gasteiger charge is -2.31. The Morgan fingerprint density at radius 1 is 1.09 bits per heavy atom. The smallest absolute Gasteiger partial charge is 0.309 e. The zero-order chi connectivity index (χ0) is 24.3. The molecule has 1 fully saturated rings. The molecule has 0 aliphatic carbocycles. The Balaban J connectivity index is 1.58. The van der Waals surface area contributed by atoms with Crippen LogP contribution in [0.1, 0.15) is 36.5 Å². The van der Waals surface area contributed by atoms with Crippen LogP contribution in [0, 0.1) is 32.5 Å². The van der Waals surface area contributed by atoms with Gasteiger partial charge in [-0.2, -0.15) is 4.31 Å². The molecule has 1 atom stereocenters. The van der Waals surface area contributed by atoms with E-state index in [0.29, 0.717) is 28.9 Å². The Morgan fingerprint density at radius 3 is 2.27 bits per heavy atom. The summed E-state index contributed by atoms with van der Waals surface area (Å²) >= 11 is 0. The second kappa shape index (κ2) is 10.0. The summed E-state index contributed by atoms with van der Waals surface area (Å²) in [5.74, 6) is -2.10. The molecule has 0 radical (unpaired) electrons. The average Bonchev–Trinajstić information content (AvgIpc) is 2.72. The van der Waals surface area contributed by atoms with Gasteiger partial charge in [0.15, 0.2) is 6.10 Å². The van der Waals surface area contributed by atoms with Gasteiger partial charge in [0.2, 0.25) is 10.0 Å². The number of piperidine rings is 1. The Labute approximate surface area is 194 Å². The number of nitrogens with zero attached hydrogens (tertiary/aromatic N) is 1. The van der Waals surface area contributed by atoms with Crippen molar-refractivity contribution in [3.63, 3.8) is 0 Å². The fourth-order valence-electron chi connectivity index (χ4n) is 4.17. The Bertz CT molecular complexity index is 1130. The molecule has 1 aliphatic rings. The molecule has 7 nitrogen and oxygen atoms in total. The quantitative estimate of drug-likeness (QED) is 0.642. The molecule has 2 aromatic carbocycles. The van der Waals surface area contributed by atoms with E-state index in [1.807, 2.05) is 19.1 Å². The van der Waals surface area contributed by atoms with E-state index in [2.05, 4.69) is 5.32 Å². The molecule has 1 amide bonds. The maximum absolute atomic E-state index is 13.3. The molecule has 2 aromatic rings. The van der Waals surface area contributed by atoms with E-state index in [1.54, 1.807) is 13.8 Å². The van der Waals surface area contributed by atoms with E-state index >= 15 is 0 Å².